The summed E-state index contributed by atoms with van der Waals surface area (Å²) in [7, 11) is 1.76. The number of rotatable bonds is 2. The first-order valence-corrected chi connectivity index (χ1v) is 8.72. The molecule has 1 aliphatic carbocycles. The van der Waals surface area contributed by atoms with E-state index < -0.39 is 0 Å². The maximum Gasteiger partial charge on any atom is 0.236 e. The average molecular weight is 336 g/mol. The number of thiazole rings is 1. The van der Waals surface area contributed by atoms with Gasteiger partial charge >= 0.3 is 0 Å². The molecule has 1 atom stereocenters. The Morgan fingerprint density at radius 1 is 1.17 bits per heavy atom. The molecule has 1 amide bonds. The Labute approximate surface area is 143 Å². The fraction of sp³-hybridized carbons (Fsp3) is 0.211. The van der Waals surface area contributed by atoms with Crippen molar-refractivity contribution in [1.29, 1.82) is 0 Å². The van der Waals surface area contributed by atoms with Crippen LogP contribution in [0.5, 0.6) is 0 Å². The fourth-order valence-corrected chi connectivity index (χ4v) is 4.14. The molecule has 4 rings (SSSR count). The van der Waals surface area contributed by atoms with E-state index in [9.17, 15) is 9.59 Å². The minimum absolute atomic E-state index is 0.00555. The van der Waals surface area contributed by atoms with Gasteiger partial charge in [-0.3, -0.25) is 14.5 Å². The molecule has 0 bridgehead atoms. The van der Waals surface area contributed by atoms with Gasteiger partial charge in [-0.1, -0.05) is 47.7 Å². The second-order valence-electron chi connectivity index (χ2n) is 5.96. The second-order valence-corrected chi connectivity index (χ2v) is 6.97. The monoisotopic (exact) mass is 336 g/mol. The third-order valence-electron chi connectivity index (χ3n) is 4.49. The molecular formula is C19H16N2O2S. The molecule has 120 valence electrons. The Hall–Kier alpha value is -2.53. The number of carbonyl (C=O) groups is 2. The Kier molecular flexibility index (Phi) is 3.65. The van der Waals surface area contributed by atoms with Crippen LogP contribution in [0.25, 0.3) is 10.2 Å². The van der Waals surface area contributed by atoms with Crippen molar-refractivity contribution in [3.63, 3.8) is 0 Å². The highest BCUT2D eigenvalue weighted by Crippen LogP contribution is 2.35. The zero-order valence-electron chi connectivity index (χ0n) is 13.2. The number of likely N-dealkylation sites (N-methyl/N-ethyl adjacent to an activating group) is 1. The second kappa shape index (κ2) is 5.83. The quantitative estimate of drug-likeness (QED) is 0.710. The fourth-order valence-electron chi connectivity index (χ4n) is 3.21. The maximum atomic E-state index is 13.0. The Morgan fingerprint density at radius 2 is 1.92 bits per heavy atom. The first-order chi connectivity index (χ1) is 11.6. The van der Waals surface area contributed by atoms with Gasteiger partial charge in [0.15, 0.2) is 10.9 Å². The van der Waals surface area contributed by atoms with E-state index in [1.807, 2.05) is 48.5 Å². The summed E-state index contributed by atoms with van der Waals surface area (Å²) in [5.41, 5.74) is 2.42. The van der Waals surface area contributed by atoms with Crippen LogP contribution in [0, 0.1) is 0 Å². The zero-order chi connectivity index (χ0) is 16.7. The summed E-state index contributed by atoms with van der Waals surface area (Å²) in [5.74, 6) is -0.165. The summed E-state index contributed by atoms with van der Waals surface area (Å²) in [5, 5.41) is 0.690. The van der Waals surface area contributed by atoms with Gasteiger partial charge in [-0.25, -0.2) is 4.98 Å². The molecule has 0 radical (unpaired) electrons. The van der Waals surface area contributed by atoms with Crippen molar-refractivity contribution < 1.29 is 9.59 Å². The van der Waals surface area contributed by atoms with Gasteiger partial charge in [-0.15, -0.1) is 0 Å². The van der Waals surface area contributed by atoms with Crippen LogP contribution >= 0.6 is 11.3 Å². The molecule has 1 heterocycles. The number of hydrogen-bond acceptors (Lipinski definition) is 4. The van der Waals surface area contributed by atoms with Gasteiger partial charge in [0, 0.05) is 19.0 Å². The van der Waals surface area contributed by atoms with Crippen LogP contribution in [0.4, 0.5) is 5.13 Å². The first-order valence-electron chi connectivity index (χ1n) is 7.90. The molecule has 0 saturated carbocycles. The summed E-state index contributed by atoms with van der Waals surface area (Å²) in [6.45, 7) is 0. The van der Waals surface area contributed by atoms with Crippen LogP contribution in [0.2, 0.25) is 0 Å². The number of fused-ring (bicyclic) bond motifs is 2. The largest absolute Gasteiger partial charge is 0.294 e. The lowest BCUT2D eigenvalue weighted by molar-refractivity contribution is -0.119. The van der Waals surface area contributed by atoms with Gasteiger partial charge in [0.1, 0.15) is 0 Å². The number of Topliss-reactive ketones (excluding diaryl/α,β-unsaturated/α-hetero) is 1. The molecular weight excluding hydrogens is 320 g/mol. The number of nitrogens with zero attached hydrogens (tertiary/aromatic N) is 2. The van der Waals surface area contributed by atoms with E-state index in [0.29, 0.717) is 23.5 Å². The normalized spacial score (nSPS) is 16.9. The van der Waals surface area contributed by atoms with Crippen molar-refractivity contribution in [3.05, 3.63) is 59.7 Å². The van der Waals surface area contributed by atoms with Crippen LogP contribution in [0.3, 0.4) is 0 Å². The highest BCUT2D eigenvalue weighted by molar-refractivity contribution is 7.22. The number of amides is 1. The lowest BCUT2D eigenvalue weighted by Crippen LogP contribution is -2.34. The van der Waals surface area contributed by atoms with E-state index in [0.717, 1.165) is 15.8 Å². The summed E-state index contributed by atoms with van der Waals surface area (Å²) < 4.78 is 1.06. The number of ketones is 1. The molecule has 0 unspecified atom stereocenters. The maximum absolute atomic E-state index is 13.0. The van der Waals surface area contributed by atoms with Crippen molar-refractivity contribution in [2.75, 3.05) is 11.9 Å². The lowest BCUT2D eigenvalue weighted by atomic mass is 9.81. The third-order valence-corrected chi connectivity index (χ3v) is 5.61. The molecule has 0 fully saturated rings. The van der Waals surface area contributed by atoms with Crippen LogP contribution < -0.4 is 4.90 Å². The molecule has 0 N–H and O–H groups in total. The first kappa shape index (κ1) is 15.0. The molecule has 24 heavy (non-hydrogen) atoms. The molecule has 0 aliphatic heterocycles. The molecule has 0 saturated heterocycles. The van der Waals surface area contributed by atoms with E-state index >= 15 is 0 Å². The predicted molar refractivity (Wildman–Crippen MR) is 95.8 cm³/mol. The van der Waals surface area contributed by atoms with Gasteiger partial charge in [0.2, 0.25) is 5.91 Å². The smallest absolute Gasteiger partial charge is 0.236 e. The standard InChI is InChI=1S/C19H16N2O2S/c1-21(19-20-15-8-4-5-9-17(15)24-19)18(23)14-10-11-16(22)13-7-3-2-6-12(13)14/h2-9,14H,10-11H2,1H3/t14-/m1/s1. The Balaban J connectivity index is 1.68. The number of para-hydroxylation sites is 1. The van der Waals surface area contributed by atoms with Crippen LogP contribution in [0.15, 0.2) is 48.5 Å². The minimum atomic E-state index is -0.282. The van der Waals surface area contributed by atoms with Gasteiger partial charge in [0.25, 0.3) is 0 Å². The SMILES string of the molecule is CN(C(=O)[C@@H]1CCC(=O)c2ccccc21)c1nc2ccccc2s1. The topological polar surface area (TPSA) is 50.3 Å². The average Bonchev–Trinajstić information content (AvgIpc) is 3.05. The minimum Gasteiger partial charge on any atom is -0.294 e. The molecule has 1 aliphatic rings. The van der Waals surface area contributed by atoms with Crippen molar-refractivity contribution in [2.24, 2.45) is 0 Å². The van der Waals surface area contributed by atoms with Gasteiger partial charge in [0.05, 0.1) is 16.1 Å². The van der Waals surface area contributed by atoms with Crippen LogP contribution in [0.1, 0.15) is 34.7 Å². The van der Waals surface area contributed by atoms with E-state index in [-0.39, 0.29) is 17.6 Å². The number of aromatic nitrogens is 1. The predicted octanol–water partition coefficient (Wildman–Crippen LogP) is 4.02. The Bertz CT molecular complexity index is 914. The number of benzene rings is 2. The van der Waals surface area contributed by atoms with Crippen LogP contribution in [-0.2, 0) is 4.79 Å². The van der Waals surface area contributed by atoms with Crippen molar-refractivity contribution >= 4 is 38.4 Å². The number of hydrogen-bond donors (Lipinski definition) is 0. The molecule has 1 aromatic heterocycles. The van der Waals surface area contributed by atoms with E-state index in [1.54, 1.807) is 11.9 Å². The molecule has 0 spiro atoms. The van der Waals surface area contributed by atoms with E-state index in [1.165, 1.54) is 11.3 Å². The van der Waals surface area contributed by atoms with Gasteiger partial charge in [-0.2, -0.15) is 0 Å². The van der Waals surface area contributed by atoms with E-state index in [4.69, 9.17) is 0 Å². The van der Waals surface area contributed by atoms with Gasteiger partial charge in [-0.05, 0) is 24.1 Å². The summed E-state index contributed by atoms with van der Waals surface area (Å²) in [6.07, 6.45) is 0.977. The van der Waals surface area contributed by atoms with Crippen molar-refractivity contribution in [1.82, 2.24) is 4.98 Å². The summed E-state index contributed by atoms with van der Waals surface area (Å²) >= 11 is 1.51. The number of anilines is 1. The van der Waals surface area contributed by atoms with Crippen molar-refractivity contribution in [2.45, 2.75) is 18.8 Å². The Morgan fingerprint density at radius 3 is 2.75 bits per heavy atom. The summed E-state index contributed by atoms with van der Waals surface area (Å²) in [4.78, 5) is 31.3. The lowest BCUT2D eigenvalue weighted by Gasteiger charge is -2.26. The molecule has 5 heteroatoms. The van der Waals surface area contributed by atoms with Gasteiger partial charge < -0.3 is 0 Å². The third kappa shape index (κ3) is 2.41. The highest BCUT2D eigenvalue weighted by Gasteiger charge is 2.33. The van der Waals surface area contributed by atoms with E-state index in [2.05, 4.69) is 4.98 Å². The molecule has 3 aromatic rings. The van der Waals surface area contributed by atoms with Crippen molar-refractivity contribution in [3.8, 4) is 0 Å². The molecule has 2 aromatic carbocycles. The number of carbonyl (C=O) groups excluding carboxylic acids is 2. The zero-order valence-corrected chi connectivity index (χ0v) is 14.0. The molecule has 4 nitrogen and oxygen atoms in total. The summed E-state index contributed by atoms with van der Waals surface area (Å²) in [6, 6.07) is 15.3. The van der Waals surface area contributed by atoms with Crippen LogP contribution in [-0.4, -0.2) is 23.7 Å². The highest BCUT2D eigenvalue weighted by atomic mass is 32.1.